The van der Waals surface area contributed by atoms with Crippen molar-refractivity contribution in [2.75, 3.05) is 0 Å². The molecule has 2 aromatic heterocycles. The number of nitrogens with one attached hydrogen (secondary N) is 2. The van der Waals surface area contributed by atoms with Crippen LogP contribution < -0.4 is 22.3 Å². The van der Waals surface area contributed by atoms with E-state index in [-0.39, 0.29) is 10.2 Å². The van der Waals surface area contributed by atoms with Gasteiger partial charge in [0.15, 0.2) is 10.2 Å². The van der Waals surface area contributed by atoms with Crippen LogP contribution in [-0.2, 0) is 0 Å². The van der Waals surface area contributed by atoms with Gasteiger partial charge in [-0.15, -0.1) is 0 Å². The largest absolute Gasteiger partial charge is 0.375 e. The number of hydrogen-bond acceptors (Lipinski definition) is 6. The molecule has 0 amide bonds. The molecule has 0 spiro atoms. The van der Waals surface area contributed by atoms with Gasteiger partial charge in [0.25, 0.3) is 0 Å². The zero-order chi connectivity index (χ0) is 17.4. The zero-order valence-electron chi connectivity index (χ0n) is 12.4. The number of aromatic nitrogens is 2. The maximum absolute atomic E-state index is 5.46. The highest BCUT2D eigenvalue weighted by molar-refractivity contribution is 7.80. The summed E-state index contributed by atoms with van der Waals surface area (Å²) in [5.74, 6) is 0. The fourth-order valence-electron chi connectivity index (χ4n) is 1.69. The summed E-state index contributed by atoms with van der Waals surface area (Å²) in [6.07, 6.45) is 3.26. The van der Waals surface area contributed by atoms with E-state index in [2.05, 4.69) is 31.0 Å². The van der Waals surface area contributed by atoms with E-state index in [9.17, 15) is 0 Å². The van der Waals surface area contributed by atoms with Crippen molar-refractivity contribution in [3.8, 4) is 0 Å². The average Bonchev–Trinajstić information content (AvgIpc) is 2.59. The number of hydrazone groups is 2. The first-order chi connectivity index (χ1) is 11.6. The molecule has 0 unspecified atom stereocenters. The number of nitrogens with zero attached hydrogens (tertiary/aromatic N) is 4. The normalized spacial score (nSPS) is 11.7. The molecular formula is C14H14N8S2. The second-order valence-corrected chi connectivity index (χ2v) is 5.18. The van der Waals surface area contributed by atoms with E-state index in [1.165, 1.54) is 0 Å². The average molecular weight is 358 g/mol. The van der Waals surface area contributed by atoms with E-state index in [1.54, 1.807) is 36.7 Å². The fourth-order valence-corrected chi connectivity index (χ4v) is 1.78. The molecule has 0 aliphatic carbocycles. The van der Waals surface area contributed by atoms with Gasteiger partial charge in [0.2, 0.25) is 0 Å². The third kappa shape index (κ3) is 5.04. The number of pyridine rings is 2. The summed E-state index contributed by atoms with van der Waals surface area (Å²) < 4.78 is 0. The van der Waals surface area contributed by atoms with Crippen LogP contribution in [0.25, 0.3) is 0 Å². The van der Waals surface area contributed by atoms with Gasteiger partial charge in [0.1, 0.15) is 11.4 Å². The Balaban J connectivity index is 2.56. The van der Waals surface area contributed by atoms with E-state index in [1.807, 2.05) is 12.1 Å². The lowest BCUT2D eigenvalue weighted by molar-refractivity contribution is 1.01. The van der Waals surface area contributed by atoms with Crippen molar-refractivity contribution in [1.82, 2.24) is 20.8 Å². The Labute approximate surface area is 149 Å². The van der Waals surface area contributed by atoms with E-state index >= 15 is 0 Å². The summed E-state index contributed by atoms with van der Waals surface area (Å²) in [5.41, 5.74) is 17.8. The molecule has 2 heterocycles. The van der Waals surface area contributed by atoms with Crippen LogP contribution in [0.4, 0.5) is 0 Å². The summed E-state index contributed by atoms with van der Waals surface area (Å²) in [4.78, 5) is 8.55. The standard InChI is InChI=1S/C14H14N8S2/c15-13(23)21-19-11(9-5-1-3-7-17-9)12(20-22-14(16)24)10-6-2-4-8-18-10/h1-8H,(H3,15,21,23)(H3,16,22,24)/b19-11+,20-12+. The Kier molecular flexibility index (Phi) is 6.23. The third-order valence-corrected chi connectivity index (χ3v) is 2.78. The lowest BCUT2D eigenvalue weighted by atomic mass is 10.1. The first-order valence-corrected chi connectivity index (χ1v) is 7.49. The van der Waals surface area contributed by atoms with E-state index in [0.29, 0.717) is 22.8 Å². The molecule has 6 N–H and O–H groups in total. The van der Waals surface area contributed by atoms with Crippen LogP contribution in [0.3, 0.4) is 0 Å². The Hall–Kier alpha value is -2.98. The molecule has 8 nitrogen and oxygen atoms in total. The molecule has 0 aliphatic heterocycles. The van der Waals surface area contributed by atoms with Gasteiger partial charge in [-0.3, -0.25) is 20.8 Å². The molecule has 10 heteroatoms. The molecule has 0 saturated carbocycles. The number of thiocarbonyl (C=S) groups is 2. The topological polar surface area (TPSA) is 127 Å². The van der Waals surface area contributed by atoms with Crippen LogP contribution in [0.5, 0.6) is 0 Å². The second-order valence-electron chi connectivity index (χ2n) is 4.30. The first kappa shape index (κ1) is 17.4. The number of nitrogens with two attached hydrogens (primary N) is 2. The van der Waals surface area contributed by atoms with Crippen LogP contribution in [0.1, 0.15) is 11.4 Å². The van der Waals surface area contributed by atoms with E-state index < -0.39 is 0 Å². The smallest absolute Gasteiger partial charge is 0.184 e. The first-order valence-electron chi connectivity index (χ1n) is 6.67. The van der Waals surface area contributed by atoms with Crippen molar-refractivity contribution < 1.29 is 0 Å². The van der Waals surface area contributed by atoms with Gasteiger partial charge in [-0.25, -0.2) is 0 Å². The minimum Gasteiger partial charge on any atom is -0.375 e. The summed E-state index contributed by atoms with van der Waals surface area (Å²) in [6, 6.07) is 10.7. The molecule has 0 aromatic carbocycles. The summed E-state index contributed by atoms with van der Waals surface area (Å²) in [7, 11) is 0. The summed E-state index contributed by atoms with van der Waals surface area (Å²) in [6.45, 7) is 0. The summed E-state index contributed by atoms with van der Waals surface area (Å²) >= 11 is 9.60. The van der Waals surface area contributed by atoms with Gasteiger partial charge >= 0.3 is 0 Å². The maximum Gasteiger partial charge on any atom is 0.184 e. The predicted octanol–water partition coefficient (Wildman–Crippen LogP) is 0.251. The monoisotopic (exact) mass is 358 g/mol. The van der Waals surface area contributed by atoms with Crippen LogP contribution in [0.2, 0.25) is 0 Å². The minimum absolute atomic E-state index is 0.00565. The van der Waals surface area contributed by atoms with Gasteiger partial charge in [0, 0.05) is 12.4 Å². The number of hydrogen-bond donors (Lipinski definition) is 4. The van der Waals surface area contributed by atoms with Crippen molar-refractivity contribution in [2.45, 2.75) is 0 Å². The van der Waals surface area contributed by atoms with Gasteiger partial charge in [0.05, 0.1) is 11.4 Å². The molecule has 2 aromatic rings. The second kappa shape index (κ2) is 8.60. The maximum atomic E-state index is 5.46. The zero-order valence-corrected chi connectivity index (χ0v) is 14.0. The Morgan fingerprint density at radius 2 is 1.21 bits per heavy atom. The Bertz CT molecular complexity index is 706. The van der Waals surface area contributed by atoms with Gasteiger partial charge < -0.3 is 11.5 Å². The highest BCUT2D eigenvalue weighted by Crippen LogP contribution is 2.06. The molecule has 0 atom stereocenters. The highest BCUT2D eigenvalue weighted by Gasteiger charge is 2.17. The molecule has 0 aliphatic rings. The highest BCUT2D eigenvalue weighted by atomic mass is 32.1. The van der Waals surface area contributed by atoms with Crippen molar-refractivity contribution >= 4 is 46.1 Å². The number of rotatable bonds is 5. The fraction of sp³-hybridized carbons (Fsp3) is 0. The quantitative estimate of drug-likeness (QED) is 0.340. The molecule has 0 bridgehead atoms. The molecule has 0 radical (unpaired) electrons. The minimum atomic E-state index is 0.00565. The van der Waals surface area contributed by atoms with Crippen molar-refractivity contribution in [3.63, 3.8) is 0 Å². The molecular weight excluding hydrogens is 344 g/mol. The van der Waals surface area contributed by atoms with Gasteiger partial charge in [-0.2, -0.15) is 10.2 Å². The van der Waals surface area contributed by atoms with Crippen LogP contribution in [0, 0.1) is 0 Å². The lowest BCUT2D eigenvalue weighted by Gasteiger charge is -2.10. The van der Waals surface area contributed by atoms with Gasteiger partial charge in [-0.1, -0.05) is 12.1 Å². The molecule has 122 valence electrons. The Morgan fingerprint density at radius 3 is 1.50 bits per heavy atom. The lowest BCUT2D eigenvalue weighted by Crippen LogP contribution is -2.32. The van der Waals surface area contributed by atoms with Gasteiger partial charge in [-0.05, 0) is 48.7 Å². The van der Waals surface area contributed by atoms with Crippen LogP contribution in [-0.4, -0.2) is 31.6 Å². The molecule has 24 heavy (non-hydrogen) atoms. The van der Waals surface area contributed by atoms with E-state index in [0.717, 1.165) is 0 Å². The van der Waals surface area contributed by atoms with Crippen molar-refractivity contribution in [2.24, 2.45) is 21.7 Å². The van der Waals surface area contributed by atoms with Crippen LogP contribution in [0.15, 0.2) is 59.0 Å². The van der Waals surface area contributed by atoms with Crippen molar-refractivity contribution in [3.05, 3.63) is 60.2 Å². The third-order valence-electron chi connectivity index (χ3n) is 2.60. The molecule has 2 rings (SSSR count). The van der Waals surface area contributed by atoms with Crippen molar-refractivity contribution in [1.29, 1.82) is 0 Å². The summed E-state index contributed by atoms with van der Waals surface area (Å²) in [5, 5.41) is 8.39. The Morgan fingerprint density at radius 1 is 0.792 bits per heavy atom. The van der Waals surface area contributed by atoms with Crippen LogP contribution >= 0.6 is 24.4 Å². The molecule has 0 saturated heterocycles. The molecule has 0 fully saturated rings. The SMILES string of the molecule is NC(=S)N/N=C(/C(=N/NC(N)=S)c1ccccn1)c1ccccn1. The predicted molar refractivity (Wildman–Crippen MR) is 101 cm³/mol. The van der Waals surface area contributed by atoms with E-state index in [4.69, 9.17) is 35.9 Å².